The van der Waals surface area contributed by atoms with Gasteiger partial charge in [-0.1, -0.05) is 36.0 Å². The normalized spacial score (nSPS) is 10.2. The van der Waals surface area contributed by atoms with Gasteiger partial charge in [0.2, 0.25) is 0 Å². The van der Waals surface area contributed by atoms with Gasteiger partial charge in [0.05, 0.1) is 5.69 Å². The minimum Gasteiger partial charge on any atom is -0.307 e. The van der Waals surface area contributed by atoms with Crippen LogP contribution in [0.25, 0.3) is 11.3 Å². The van der Waals surface area contributed by atoms with Crippen molar-refractivity contribution in [2.45, 2.75) is 0 Å². The Balaban J connectivity index is 2.64. The Kier molecular flexibility index (Phi) is 2.70. The molecular formula is C10H7ClN2OS. The van der Waals surface area contributed by atoms with Crippen molar-refractivity contribution >= 4 is 23.8 Å². The van der Waals surface area contributed by atoms with Gasteiger partial charge in [-0.3, -0.25) is 4.98 Å². The first-order chi connectivity index (χ1) is 7.15. The molecule has 0 aliphatic heterocycles. The van der Waals surface area contributed by atoms with Crippen LogP contribution in [0.3, 0.4) is 0 Å². The van der Waals surface area contributed by atoms with E-state index in [0.717, 1.165) is 5.56 Å². The second-order valence-electron chi connectivity index (χ2n) is 3.01. The molecule has 0 aliphatic carbocycles. The van der Waals surface area contributed by atoms with Crippen molar-refractivity contribution in [1.29, 1.82) is 0 Å². The van der Waals surface area contributed by atoms with E-state index in [2.05, 4.69) is 9.97 Å². The minimum absolute atomic E-state index is 0.322. The summed E-state index contributed by atoms with van der Waals surface area (Å²) in [4.78, 5) is 16.3. The van der Waals surface area contributed by atoms with E-state index in [0.29, 0.717) is 15.4 Å². The van der Waals surface area contributed by atoms with Crippen LogP contribution in [-0.4, -0.2) is 9.97 Å². The van der Waals surface area contributed by atoms with Crippen molar-refractivity contribution in [3.63, 3.8) is 0 Å². The van der Waals surface area contributed by atoms with Gasteiger partial charge >= 0.3 is 5.69 Å². The van der Waals surface area contributed by atoms with Gasteiger partial charge in [0.15, 0.2) is 0 Å². The molecule has 0 unspecified atom stereocenters. The fourth-order valence-electron chi connectivity index (χ4n) is 1.28. The van der Waals surface area contributed by atoms with Crippen molar-refractivity contribution < 1.29 is 0 Å². The van der Waals surface area contributed by atoms with E-state index in [-0.39, 0.29) is 5.69 Å². The quantitative estimate of drug-likeness (QED) is 0.751. The summed E-state index contributed by atoms with van der Waals surface area (Å²) in [6.07, 6.45) is 0. The van der Waals surface area contributed by atoms with E-state index in [1.807, 2.05) is 12.1 Å². The highest BCUT2D eigenvalue weighted by Crippen LogP contribution is 2.19. The van der Waals surface area contributed by atoms with Crippen LogP contribution in [0.15, 0.2) is 35.1 Å². The van der Waals surface area contributed by atoms with Gasteiger partial charge in [-0.05, 0) is 23.8 Å². The summed E-state index contributed by atoms with van der Waals surface area (Å²) in [5.74, 6) is 0. The maximum Gasteiger partial charge on any atom is 0.324 e. The molecule has 2 N–H and O–H groups in total. The summed E-state index contributed by atoms with van der Waals surface area (Å²) in [6, 6.07) is 8.89. The van der Waals surface area contributed by atoms with Crippen molar-refractivity contribution in [2.24, 2.45) is 0 Å². The molecule has 0 bridgehead atoms. The molecule has 0 spiro atoms. The molecule has 1 heterocycles. The molecule has 0 saturated carbocycles. The molecule has 2 aromatic rings. The zero-order chi connectivity index (χ0) is 10.8. The van der Waals surface area contributed by atoms with Gasteiger partial charge in [-0.25, -0.2) is 4.79 Å². The molecule has 0 fully saturated rings. The number of benzene rings is 1. The minimum atomic E-state index is -0.322. The number of halogens is 1. The van der Waals surface area contributed by atoms with Crippen molar-refractivity contribution in [1.82, 2.24) is 9.97 Å². The van der Waals surface area contributed by atoms with Crippen molar-refractivity contribution in [2.75, 3.05) is 0 Å². The predicted octanol–water partition coefficient (Wildman–Crippen LogP) is 2.75. The van der Waals surface area contributed by atoms with Crippen LogP contribution in [-0.2, 0) is 0 Å². The number of nitrogens with one attached hydrogen (secondary N) is 2. The maximum atomic E-state index is 11.2. The second-order valence-corrected chi connectivity index (χ2v) is 3.89. The zero-order valence-corrected chi connectivity index (χ0v) is 9.15. The van der Waals surface area contributed by atoms with Crippen LogP contribution < -0.4 is 5.69 Å². The highest BCUT2D eigenvalue weighted by molar-refractivity contribution is 7.71. The van der Waals surface area contributed by atoms with Gasteiger partial charge in [0.25, 0.3) is 0 Å². The Morgan fingerprint density at radius 2 is 2.00 bits per heavy atom. The third-order valence-electron chi connectivity index (χ3n) is 1.90. The summed E-state index contributed by atoms with van der Waals surface area (Å²) < 4.78 is 0.397. The van der Waals surface area contributed by atoms with Crippen LogP contribution in [0.5, 0.6) is 0 Å². The number of H-pyrrole nitrogens is 2. The number of rotatable bonds is 1. The van der Waals surface area contributed by atoms with E-state index >= 15 is 0 Å². The van der Waals surface area contributed by atoms with E-state index in [9.17, 15) is 4.79 Å². The van der Waals surface area contributed by atoms with Gasteiger partial charge in [0, 0.05) is 5.02 Å². The molecule has 1 aromatic heterocycles. The van der Waals surface area contributed by atoms with Crippen LogP contribution in [0.1, 0.15) is 0 Å². The Morgan fingerprint density at radius 3 is 2.67 bits per heavy atom. The molecule has 0 saturated heterocycles. The van der Waals surface area contributed by atoms with Crippen molar-refractivity contribution in [3.8, 4) is 11.3 Å². The molecule has 5 heteroatoms. The zero-order valence-electron chi connectivity index (χ0n) is 7.58. The Labute approximate surface area is 95.8 Å². The van der Waals surface area contributed by atoms with Crippen LogP contribution in [0.4, 0.5) is 0 Å². The SMILES string of the molecule is O=c1[nH]c(-c2cccc(Cl)c2)cc(=S)[nH]1. The number of aromatic nitrogens is 2. The van der Waals surface area contributed by atoms with Gasteiger partial charge in [-0.15, -0.1) is 0 Å². The molecule has 15 heavy (non-hydrogen) atoms. The number of hydrogen-bond donors (Lipinski definition) is 2. The van der Waals surface area contributed by atoms with E-state index < -0.39 is 0 Å². The molecule has 1 aromatic carbocycles. The topological polar surface area (TPSA) is 48.6 Å². The largest absolute Gasteiger partial charge is 0.324 e. The van der Waals surface area contributed by atoms with Crippen LogP contribution in [0.2, 0.25) is 5.02 Å². The second kappa shape index (κ2) is 4.00. The van der Waals surface area contributed by atoms with Crippen molar-refractivity contribution in [3.05, 3.63) is 50.5 Å². The summed E-state index contributed by atoms with van der Waals surface area (Å²) >= 11 is 10.8. The highest BCUT2D eigenvalue weighted by Gasteiger charge is 1.99. The lowest BCUT2D eigenvalue weighted by Gasteiger charge is -2.00. The lowest BCUT2D eigenvalue weighted by Crippen LogP contribution is -2.10. The first-order valence-electron chi connectivity index (χ1n) is 4.25. The molecule has 0 atom stereocenters. The first-order valence-corrected chi connectivity index (χ1v) is 5.03. The molecule has 76 valence electrons. The molecule has 0 aliphatic rings. The Morgan fingerprint density at radius 1 is 1.20 bits per heavy atom. The third kappa shape index (κ3) is 2.34. The predicted molar refractivity (Wildman–Crippen MR) is 62.7 cm³/mol. The summed E-state index contributed by atoms with van der Waals surface area (Å²) in [5, 5.41) is 0.618. The highest BCUT2D eigenvalue weighted by atomic mass is 35.5. The molecule has 0 radical (unpaired) electrons. The molecule has 0 amide bonds. The lowest BCUT2D eigenvalue weighted by atomic mass is 10.1. The number of hydrogen-bond acceptors (Lipinski definition) is 2. The molecule has 3 nitrogen and oxygen atoms in total. The van der Waals surface area contributed by atoms with Gasteiger partial charge in [0.1, 0.15) is 4.64 Å². The average Bonchev–Trinajstić information content (AvgIpc) is 2.16. The monoisotopic (exact) mass is 238 g/mol. The fraction of sp³-hybridized carbons (Fsp3) is 0. The standard InChI is InChI=1S/C10H7ClN2OS/c11-7-3-1-2-6(4-7)8-5-9(15)13-10(14)12-8/h1-5H,(H2,12,13,14,15). The van der Waals surface area contributed by atoms with Crippen LogP contribution >= 0.6 is 23.8 Å². The summed E-state index contributed by atoms with van der Waals surface area (Å²) in [7, 11) is 0. The molecular weight excluding hydrogens is 232 g/mol. The maximum absolute atomic E-state index is 11.2. The third-order valence-corrected chi connectivity index (χ3v) is 2.35. The Bertz CT molecular complexity index is 574. The van der Waals surface area contributed by atoms with E-state index in [1.165, 1.54) is 0 Å². The van der Waals surface area contributed by atoms with Gasteiger partial charge < -0.3 is 4.98 Å². The smallest absolute Gasteiger partial charge is 0.307 e. The molecule has 2 rings (SSSR count). The van der Waals surface area contributed by atoms with E-state index in [1.54, 1.807) is 18.2 Å². The lowest BCUT2D eigenvalue weighted by molar-refractivity contribution is 1.07. The number of aromatic amines is 2. The summed E-state index contributed by atoms with van der Waals surface area (Å²) in [6.45, 7) is 0. The van der Waals surface area contributed by atoms with Crippen LogP contribution in [0, 0.1) is 4.64 Å². The average molecular weight is 239 g/mol. The first kappa shape index (κ1) is 10.1. The Hall–Kier alpha value is -1.39. The summed E-state index contributed by atoms with van der Waals surface area (Å²) in [5.41, 5.74) is 1.17. The van der Waals surface area contributed by atoms with E-state index in [4.69, 9.17) is 23.8 Å². The fourth-order valence-corrected chi connectivity index (χ4v) is 1.68. The van der Waals surface area contributed by atoms with Gasteiger partial charge in [-0.2, -0.15) is 0 Å².